The molecule has 1 aromatic carbocycles. The predicted octanol–water partition coefficient (Wildman–Crippen LogP) is 3.63. The highest BCUT2D eigenvalue weighted by Gasteiger charge is 2.32. The molecule has 2 rings (SSSR count). The van der Waals surface area contributed by atoms with Gasteiger partial charge < -0.3 is 5.73 Å². The van der Waals surface area contributed by atoms with Crippen molar-refractivity contribution in [2.24, 2.45) is 11.7 Å². The van der Waals surface area contributed by atoms with E-state index >= 15 is 0 Å². The number of nitrogens with zero attached hydrogens (tertiary/aromatic N) is 1. The molecular formula is C14H20BrFN2. The molecular weight excluding hydrogens is 295 g/mol. The molecule has 0 heterocycles. The molecule has 0 amide bonds. The van der Waals surface area contributed by atoms with E-state index in [9.17, 15) is 4.39 Å². The smallest absolute Gasteiger partial charge is 0.123 e. The largest absolute Gasteiger partial charge is 0.327 e. The van der Waals surface area contributed by atoms with Gasteiger partial charge in [0.05, 0.1) is 0 Å². The van der Waals surface area contributed by atoms with Crippen LogP contribution in [0.4, 0.5) is 4.39 Å². The van der Waals surface area contributed by atoms with Crippen molar-refractivity contribution in [2.75, 3.05) is 7.05 Å². The fourth-order valence-corrected chi connectivity index (χ4v) is 3.53. The van der Waals surface area contributed by atoms with Gasteiger partial charge in [-0.2, -0.15) is 0 Å². The summed E-state index contributed by atoms with van der Waals surface area (Å²) in [6.07, 6.45) is 4.60. The van der Waals surface area contributed by atoms with Crippen molar-refractivity contribution in [1.82, 2.24) is 3.93 Å². The lowest BCUT2D eigenvalue weighted by Crippen LogP contribution is -2.40. The van der Waals surface area contributed by atoms with Crippen LogP contribution in [-0.2, 0) is 0 Å². The van der Waals surface area contributed by atoms with Gasteiger partial charge >= 0.3 is 0 Å². The van der Waals surface area contributed by atoms with Gasteiger partial charge in [0.15, 0.2) is 0 Å². The van der Waals surface area contributed by atoms with Crippen LogP contribution in [0.3, 0.4) is 0 Å². The molecule has 0 radical (unpaired) electrons. The molecule has 3 atom stereocenters. The average molecular weight is 315 g/mol. The second-order valence-corrected chi connectivity index (χ2v) is 6.26. The normalized spacial score (nSPS) is 26.3. The molecule has 1 aliphatic rings. The Hall–Kier alpha value is -0.450. The van der Waals surface area contributed by atoms with Gasteiger partial charge in [-0.05, 0) is 43.5 Å². The van der Waals surface area contributed by atoms with Crippen LogP contribution in [0.25, 0.3) is 0 Å². The molecule has 2 nitrogen and oxygen atoms in total. The highest BCUT2D eigenvalue weighted by Crippen LogP contribution is 2.38. The van der Waals surface area contributed by atoms with E-state index in [2.05, 4.69) is 16.1 Å². The fraction of sp³-hybridized carbons (Fsp3) is 0.571. The lowest BCUT2D eigenvalue weighted by molar-refractivity contribution is 0.201. The second kappa shape index (κ2) is 6.13. The first-order chi connectivity index (χ1) is 8.59. The summed E-state index contributed by atoms with van der Waals surface area (Å²) in [7, 11) is 1.97. The molecule has 1 aromatic rings. The zero-order valence-corrected chi connectivity index (χ0v) is 12.2. The van der Waals surface area contributed by atoms with Crippen molar-refractivity contribution in [3.05, 3.63) is 35.6 Å². The van der Waals surface area contributed by atoms with E-state index in [0.717, 1.165) is 18.4 Å². The molecule has 100 valence electrons. The third-order valence-corrected chi connectivity index (χ3v) is 4.30. The zero-order chi connectivity index (χ0) is 13.1. The maximum Gasteiger partial charge on any atom is 0.123 e. The first-order valence-corrected chi connectivity index (χ1v) is 7.20. The number of halogens is 2. The van der Waals surface area contributed by atoms with E-state index in [1.54, 1.807) is 12.1 Å². The topological polar surface area (TPSA) is 29.3 Å². The Kier molecular flexibility index (Phi) is 4.76. The predicted molar refractivity (Wildman–Crippen MR) is 75.8 cm³/mol. The van der Waals surface area contributed by atoms with E-state index in [-0.39, 0.29) is 17.9 Å². The summed E-state index contributed by atoms with van der Waals surface area (Å²) in [6.45, 7) is 0. The van der Waals surface area contributed by atoms with Crippen LogP contribution in [0.1, 0.15) is 37.3 Å². The van der Waals surface area contributed by atoms with Crippen LogP contribution in [0.5, 0.6) is 0 Å². The second-order valence-electron chi connectivity index (χ2n) is 5.14. The Morgan fingerprint density at radius 2 is 2.11 bits per heavy atom. The number of hydrogen-bond donors (Lipinski definition) is 1. The van der Waals surface area contributed by atoms with Crippen molar-refractivity contribution in [3.63, 3.8) is 0 Å². The van der Waals surface area contributed by atoms with E-state index in [1.165, 1.54) is 18.9 Å². The number of benzene rings is 1. The Labute approximate surface area is 117 Å². The fourth-order valence-electron chi connectivity index (χ4n) is 2.99. The van der Waals surface area contributed by atoms with Crippen LogP contribution < -0.4 is 5.73 Å². The number of rotatable bonds is 3. The Morgan fingerprint density at radius 1 is 1.39 bits per heavy atom. The van der Waals surface area contributed by atoms with Gasteiger partial charge in [-0.1, -0.05) is 25.0 Å². The van der Waals surface area contributed by atoms with Gasteiger partial charge in [0.1, 0.15) is 5.82 Å². The van der Waals surface area contributed by atoms with Crippen LogP contribution in [0, 0.1) is 11.7 Å². The van der Waals surface area contributed by atoms with Crippen LogP contribution >= 0.6 is 16.1 Å². The Bertz CT molecular complexity index is 397. The molecule has 0 aliphatic heterocycles. The first kappa shape index (κ1) is 14.0. The van der Waals surface area contributed by atoms with Crippen molar-refractivity contribution < 1.29 is 4.39 Å². The summed E-state index contributed by atoms with van der Waals surface area (Å²) >= 11 is 3.52. The summed E-state index contributed by atoms with van der Waals surface area (Å²) in [5, 5.41) is 0. The highest BCUT2D eigenvalue weighted by molar-refractivity contribution is 9.07. The van der Waals surface area contributed by atoms with Gasteiger partial charge in [-0.25, -0.2) is 8.32 Å². The van der Waals surface area contributed by atoms with Crippen molar-refractivity contribution in [3.8, 4) is 0 Å². The lowest BCUT2D eigenvalue weighted by atomic mass is 9.78. The summed E-state index contributed by atoms with van der Waals surface area (Å²) in [5.41, 5.74) is 7.25. The van der Waals surface area contributed by atoms with Gasteiger partial charge in [0.25, 0.3) is 0 Å². The average Bonchev–Trinajstić information content (AvgIpc) is 2.32. The molecule has 0 aromatic heterocycles. The van der Waals surface area contributed by atoms with Gasteiger partial charge in [0, 0.05) is 28.2 Å². The highest BCUT2D eigenvalue weighted by atomic mass is 79.9. The van der Waals surface area contributed by atoms with E-state index in [0.29, 0.717) is 5.92 Å². The Balaban J connectivity index is 2.27. The summed E-state index contributed by atoms with van der Waals surface area (Å²) in [6, 6.07) is 7.18. The molecule has 0 bridgehead atoms. The monoisotopic (exact) mass is 314 g/mol. The van der Waals surface area contributed by atoms with Crippen molar-refractivity contribution >= 4 is 16.1 Å². The SMILES string of the molecule is CN(Br)C(c1cccc(F)c1)C1CCCCC1N. The standard InChI is InChI=1S/C14H20BrFN2/c1-18(15)14(10-5-4-6-11(16)9-10)12-7-2-3-8-13(12)17/h4-6,9,12-14H,2-3,7-8,17H2,1H3. The van der Waals surface area contributed by atoms with E-state index in [4.69, 9.17) is 5.73 Å². The third kappa shape index (κ3) is 3.11. The van der Waals surface area contributed by atoms with E-state index in [1.807, 2.05) is 17.0 Å². The molecule has 18 heavy (non-hydrogen) atoms. The molecule has 2 N–H and O–H groups in total. The number of hydrogen-bond acceptors (Lipinski definition) is 2. The molecule has 3 unspecified atom stereocenters. The molecule has 1 aliphatic carbocycles. The maximum atomic E-state index is 13.4. The van der Waals surface area contributed by atoms with Gasteiger partial charge in [-0.3, -0.25) is 0 Å². The van der Waals surface area contributed by atoms with Crippen LogP contribution in [0.15, 0.2) is 24.3 Å². The van der Waals surface area contributed by atoms with Crippen LogP contribution in [-0.4, -0.2) is 17.0 Å². The quantitative estimate of drug-likeness (QED) is 0.863. The van der Waals surface area contributed by atoms with Gasteiger partial charge in [0.2, 0.25) is 0 Å². The molecule has 0 spiro atoms. The first-order valence-electron chi connectivity index (χ1n) is 6.49. The molecule has 1 saturated carbocycles. The minimum atomic E-state index is -0.184. The van der Waals surface area contributed by atoms with E-state index < -0.39 is 0 Å². The summed E-state index contributed by atoms with van der Waals surface area (Å²) < 4.78 is 15.4. The number of nitrogens with two attached hydrogens (primary N) is 1. The molecule has 4 heteroatoms. The van der Waals surface area contributed by atoms with Crippen molar-refractivity contribution in [2.45, 2.75) is 37.8 Å². The summed E-state index contributed by atoms with van der Waals surface area (Å²) in [4.78, 5) is 0. The molecule has 0 saturated heterocycles. The minimum absolute atomic E-state index is 0.135. The minimum Gasteiger partial charge on any atom is -0.327 e. The maximum absolute atomic E-state index is 13.4. The summed E-state index contributed by atoms with van der Waals surface area (Å²) in [5.74, 6) is 0.196. The molecule has 1 fully saturated rings. The third-order valence-electron chi connectivity index (χ3n) is 3.85. The zero-order valence-electron chi connectivity index (χ0n) is 10.7. The van der Waals surface area contributed by atoms with Crippen LogP contribution in [0.2, 0.25) is 0 Å². The lowest BCUT2D eigenvalue weighted by Gasteiger charge is -2.38. The van der Waals surface area contributed by atoms with Crippen molar-refractivity contribution in [1.29, 1.82) is 0 Å². The Morgan fingerprint density at radius 3 is 2.72 bits per heavy atom. The van der Waals surface area contributed by atoms with Gasteiger partial charge in [-0.15, -0.1) is 0 Å².